The van der Waals surface area contributed by atoms with Gasteiger partial charge in [0.25, 0.3) is 0 Å². The molecule has 0 bridgehead atoms. The Balaban J connectivity index is 1.81. The lowest BCUT2D eigenvalue weighted by Crippen LogP contribution is -2.21. The summed E-state index contributed by atoms with van der Waals surface area (Å²) in [5.41, 5.74) is 6.20. The van der Waals surface area contributed by atoms with E-state index < -0.39 is 0 Å². The number of aromatic nitrogens is 6. The minimum absolute atomic E-state index is 0.117. The first-order valence-corrected chi connectivity index (χ1v) is 11.2. The van der Waals surface area contributed by atoms with Gasteiger partial charge < -0.3 is 10.4 Å². The number of hydrogen-bond donors (Lipinski definition) is 2. The van der Waals surface area contributed by atoms with Gasteiger partial charge in [-0.1, -0.05) is 6.07 Å². The van der Waals surface area contributed by atoms with E-state index in [0.717, 1.165) is 44.4 Å². The van der Waals surface area contributed by atoms with Crippen LogP contribution in [-0.4, -0.2) is 41.0 Å². The van der Waals surface area contributed by atoms with Crippen molar-refractivity contribution in [1.29, 1.82) is 0 Å². The van der Waals surface area contributed by atoms with Gasteiger partial charge in [0.1, 0.15) is 5.82 Å². The Morgan fingerprint density at radius 1 is 1.12 bits per heavy atom. The van der Waals surface area contributed by atoms with Gasteiger partial charge in [0, 0.05) is 49.0 Å². The van der Waals surface area contributed by atoms with E-state index in [1.54, 1.807) is 35.6 Å². The molecule has 0 unspecified atom stereocenters. The second kappa shape index (κ2) is 8.11. The van der Waals surface area contributed by atoms with Gasteiger partial charge in [-0.3, -0.25) is 18.8 Å². The summed E-state index contributed by atoms with van der Waals surface area (Å²) >= 11 is 0. The van der Waals surface area contributed by atoms with E-state index in [4.69, 9.17) is 0 Å². The van der Waals surface area contributed by atoms with Crippen molar-refractivity contribution >= 4 is 27.8 Å². The Morgan fingerprint density at radius 2 is 1.91 bits per heavy atom. The topological polar surface area (TPSA) is 103 Å². The monoisotopic (exact) mass is 457 g/mol. The Bertz CT molecular complexity index is 1610. The van der Waals surface area contributed by atoms with Crippen molar-refractivity contribution in [2.45, 2.75) is 33.4 Å². The fraction of sp³-hybridized carbons (Fsp3) is 0.280. The molecule has 0 aliphatic heterocycles. The van der Waals surface area contributed by atoms with Crippen LogP contribution in [0.5, 0.6) is 0 Å². The number of nitrogens with one attached hydrogen (secondary N) is 1. The molecule has 0 radical (unpaired) electrons. The standard InChI is InChI=1S/C25H27N7O2/c1-14(2)31-12-22(15(3)29-31)32-23-19-9-16(17-8-18(13-33)24(26-4)28-10-17)6-7-20(19)27-11-21(23)30(5)25(32)34/h6-12,14,33H,13H2,1-5H3,(H,26,28). The molecule has 2 N–H and O–H groups in total. The Morgan fingerprint density at radius 3 is 2.59 bits per heavy atom. The van der Waals surface area contributed by atoms with Gasteiger partial charge in [-0.25, -0.2) is 9.78 Å². The molecular formula is C25H27N7O2. The first kappa shape index (κ1) is 21.8. The number of fused-ring (bicyclic) bond motifs is 3. The Kier molecular flexibility index (Phi) is 5.21. The summed E-state index contributed by atoms with van der Waals surface area (Å²) in [5, 5.41) is 18.2. The lowest BCUT2D eigenvalue weighted by Gasteiger charge is -2.10. The summed E-state index contributed by atoms with van der Waals surface area (Å²) in [6.45, 7) is 5.91. The van der Waals surface area contributed by atoms with Gasteiger partial charge in [0.2, 0.25) is 0 Å². The molecule has 0 aliphatic carbocycles. The molecule has 34 heavy (non-hydrogen) atoms. The number of pyridine rings is 2. The molecule has 5 aromatic rings. The molecule has 0 atom stereocenters. The molecular weight excluding hydrogens is 430 g/mol. The molecule has 0 saturated heterocycles. The molecule has 4 aromatic heterocycles. The largest absolute Gasteiger partial charge is 0.392 e. The molecule has 1 aromatic carbocycles. The van der Waals surface area contributed by atoms with Crippen LogP contribution in [0.3, 0.4) is 0 Å². The van der Waals surface area contributed by atoms with E-state index in [2.05, 4.69) is 34.2 Å². The predicted octanol–water partition coefficient (Wildman–Crippen LogP) is 3.56. The Labute approximate surface area is 196 Å². The maximum atomic E-state index is 13.4. The number of hydrogen-bond acceptors (Lipinski definition) is 6. The minimum Gasteiger partial charge on any atom is -0.392 e. The van der Waals surface area contributed by atoms with Crippen molar-refractivity contribution in [3.63, 3.8) is 0 Å². The quantitative estimate of drug-likeness (QED) is 0.418. The van der Waals surface area contributed by atoms with Crippen LogP contribution in [0.15, 0.2) is 47.7 Å². The smallest absolute Gasteiger partial charge is 0.333 e. The van der Waals surface area contributed by atoms with E-state index >= 15 is 0 Å². The highest BCUT2D eigenvalue weighted by atomic mass is 16.3. The van der Waals surface area contributed by atoms with Crippen molar-refractivity contribution in [3.05, 3.63) is 64.6 Å². The maximum Gasteiger partial charge on any atom is 0.333 e. The van der Waals surface area contributed by atoms with Crippen LogP contribution in [0.25, 0.3) is 38.8 Å². The third kappa shape index (κ3) is 3.28. The number of aliphatic hydroxyl groups is 1. The maximum absolute atomic E-state index is 13.4. The first-order chi connectivity index (χ1) is 16.3. The molecule has 9 heteroatoms. The fourth-order valence-corrected chi connectivity index (χ4v) is 4.37. The molecule has 0 saturated carbocycles. The third-order valence-electron chi connectivity index (χ3n) is 6.25. The molecule has 4 heterocycles. The first-order valence-electron chi connectivity index (χ1n) is 11.2. The number of anilines is 1. The number of nitrogens with zero attached hydrogens (tertiary/aromatic N) is 6. The zero-order valence-electron chi connectivity index (χ0n) is 19.9. The van der Waals surface area contributed by atoms with Crippen molar-refractivity contribution in [2.75, 3.05) is 12.4 Å². The van der Waals surface area contributed by atoms with E-state index in [1.807, 2.05) is 42.1 Å². The highest BCUT2D eigenvalue weighted by Gasteiger charge is 2.20. The van der Waals surface area contributed by atoms with Gasteiger partial charge >= 0.3 is 5.69 Å². The van der Waals surface area contributed by atoms with E-state index in [-0.39, 0.29) is 18.3 Å². The van der Waals surface area contributed by atoms with Crippen LogP contribution in [0.1, 0.15) is 31.1 Å². The van der Waals surface area contributed by atoms with E-state index in [0.29, 0.717) is 11.4 Å². The zero-order chi connectivity index (χ0) is 24.1. The average molecular weight is 458 g/mol. The average Bonchev–Trinajstić information content (AvgIpc) is 3.35. The predicted molar refractivity (Wildman–Crippen MR) is 133 cm³/mol. The van der Waals surface area contributed by atoms with Crippen LogP contribution in [0.2, 0.25) is 0 Å². The van der Waals surface area contributed by atoms with Crippen molar-refractivity contribution in [3.8, 4) is 16.8 Å². The molecule has 174 valence electrons. The van der Waals surface area contributed by atoms with E-state index in [9.17, 15) is 9.90 Å². The second-order valence-electron chi connectivity index (χ2n) is 8.71. The number of imidazole rings is 1. The molecule has 0 fully saturated rings. The van der Waals surface area contributed by atoms with Crippen molar-refractivity contribution in [2.24, 2.45) is 7.05 Å². The summed E-state index contributed by atoms with van der Waals surface area (Å²) in [5.74, 6) is 0.644. The normalized spacial score (nSPS) is 11.7. The number of aliphatic hydroxyl groups excluding tert-OH is 1. The van der Waals surface area contributed by atoms with Crippen LogP contribution in [-0.2, 0) is 13.7 Å². The number of rotatable bonds is 5. The lowest BCUT2D eigenvalue weighted by atomic mass is 10.0. The van der Waals surface area contributed by atoms with Gasteiger partial charge in [-0.2, -0.15) is 5.10 Å². The molecule has 9 nitrogen and oxygen atoms in total. The number of benzene rings is 1. The van der Waals surface area contributed by atoms with Crippen molar-refractivity contribution < 1.29 is 5.11 Å². The van der Waals surface area contributed by atoms with Crippen LogP contribution < -0.4 is 11.0 Å². The highest BCUT2D eigenvalue weighted by Crippen LogP contribution is 2.31. The molecule has 0 amide bonds. The van der Waals surface area contributed by atoms with Gasteiger partial charge in [-0.05, 0) is 44.5 Å². The summed E-state index contributed by atoms with van der Waals surface area (Å²) in [6.07, 6.45) is 5.43. The third-order valence-corrected chi connectivity index (χ3v) is 6.25. The van der Waals surface area contributed by atoms with E-state index in [1.165, 1.54) is 0 Å². The molecule has 5 rings (SSSR count). The molecule has 0 spiro atoms. The Hall–Kier alpha value is -3.98. The fourth-order valence-electron chi connectivity index (χ4n) is 4.37. The SMILES string of the molecule is CNc1ncc(-c2ccc3ncc4c(c3c2)n(-c2cn(C(C)C)nc2C)c(=O)n4C)cc1CO. The second-order valence-corrected chi connectivity index (χ2v) is 8.71. The van der Waals surface area contributed by atoms with Gasteiger partial charge in [0.05, 0.1) is 40.7 Å². The summed E-state index contributed by atoms with van der Waals surface area (Å²) in [4.78, 5) is 22.4. The summed E-state index contributed by atoms with van der Waals surface area (Å²) < 4.78 is 5.22. The number of aryl methyl sites for hydroxylation is 2. The van der Waals surface area contributed by atoms with Gasteiger partial charge in [-0.15, -0.1) is 0 Å². The lowest BCUT2D eigenvalue weighted by molar-refractivity contribution is 0.282. The zero-order valence-corrected chi connectivity index (χ0v) is 19.9. The van der Waals surface area contributed by atoms with Crippen LogP contribution in [0.4, 0.5) is 5.82 Å². The highest BCUT2D eigenvalue weighted by molar-refractivity contribution is 6.04. The van der Waals surface area contributed by atoms with Crippen LogP contribution >= 0.6 is 0 Å². The van der Waals surface area contributed by atoms with Crippen LogP contribution in [0, 0.1) is 6.92 Å². The van der Waals surface area contributed by atoms with Gasteiger partial charge in [0.15, 0.2) is 0 Å². The minimum atomic E-state index is -0.149. The summed E-state index contributed by atoms with van der Waals surface area (Å²) in [6, 6.07) is 8.05. The summed E-state index contributed by atoms with van der Waals surface area (Å²) in [7, 11) is 3.53. The molecule has 0 aliphatic rings. The van der Waals surface area contributed by atoms with Crippen molar-refractivity contribution in [1.82, 2.24) is 28.9 Å².